The van der Waals surface area contributed by atoms with E-state index in [1.807, 2.05) is 30.8 Å². The number of hydrogen-bond donors (Lipinski definition) is 1. The van der Waals surface area contributed by atoms with E-state index in [2.05, 4.69) is 42.5 Å². The van der Waals surface area contributed by atoms with E-state index >= 15 is 0 Å². The van der Waals surface area contributed by atoms with E-state index in [4.69, 9.17) is 4.74 Å². The van der Waals surface area contributed by atoms with Gasteiger partial charge in [-0.05, 0) is 39.0 Å². The summed E-state index contributed by atoms with van der Waals surface area (Å²) in [4.78, 5) is 0. The molecule has 0 radical (unpaired) electrons. The highest BCUT2D eigenvalue weighted by atomic mass is 16.5. The van der Waals surface area contributed by atoms with Crippen LogP contribution in [0.15, 0.2) is 30.3 Å². The average molecular weight is 273 g/mol. The van der Waals surface area contributed by atoms with Gasteiger partial charge in [0, 0.05) is 19.6 Å². The lowest BCUT2D eigenvalue weighted by Crippen LogP contribution is -2.31. The quantitative estimate of drug-likeness (QED) is 0.879. The van der Waals surface area contributed by atoms with Gasteiger partial charge in [0.05, 0.1) is 11.4 Å². The average Bonchev–Trinajstić information content (AvgIpc) is 2.74. The largest absolute Gasteiger partial charge is 0.492 e. The Morgan fingerprint density at radius 1 is 1.25 bits per heavy atom. The Morgan fingerprint density at radius 3 is 2.55 bits per heavy atom. The predicted molar refractivity (Wildman–Crippen MR) is 80.9 cm³/mol. The highest BCUT2D eigenvalue weighted by molar-refractivity contribution is 5.26. The van der Waals surface area contributed by atoms with Crippen LogP contribution in [-0.2, 0) is 13.6 Å². The van der Waals surface area contributed by atoms with Gasteiger partial charge in [0.2, 0.25) is 0 Å². The summed E-state index contributed by atoms with van der Waals surface area (Å²) in [7, 11) is 1.97. The summed E-state index contributed by atoms with van der Waals surface area (Å²) in [6, 6.07) is 10.5. The molecule has 2 aromatic rings. The maximum Gasteiger partial charge on any atom is 0.119 e. The van der Waals surface area contributed by atoms with Crippen molar-refractivity contribution in [3.05, 3.63) is 47.3 Å². The van der Waals surface area contributed by atoms with E-state index in [0.717, 1.165) is 18.0 Å². The smallest absolute Gasteiger partial charge is 0.119 e. The molecule has 0 bridgehead atoms. The number of hydrogen-bond acceptors (Lipinski definition) is 3. The zero-order valence-corrected chi connectivity index (χ0v) is 12.7. The van der Waals surface area contributed by atoms with Crippen LogP contribution in [0.25, 0.3) is 0 Å². The molecule has 4 nitrogen and oxygen atoms in total. The zero-order chi connectivity index (χ0) is 14.5. The predicted octanol–water partition coefficient (Wildman–Crippen LogP) is 2.59. The van der Waals surface area contributed by atoms with E-state index in [-0.39, 0.29) is 6.04 Å². The van der Waals surface area contributed by atoms with Crippen LogP contribution >= 0.6 is 0 Å². The van der Waals surface area contributed by atoms with E-state index < -0.39 is 0 Å². The van der Waals surface area contributed by atoms with Gasteiger partial charge in [0.15, 0.2) is 0 Å². The Hall–Kier alpha value is -1.81. The lowest BCUT2D eigenvalue weighted by Gasteiger charge is -2.15. The maximum atomic E-state index is 5.76. The number of nitrogens with one attached hydrogen (secondary N) is 1. The summed E-state index contributed by atoms with van der Waals surface area (Å²) >= 11 is 0. The zero-order valence-electron chi connectivity index (χ0n) is 12.7. The second kappa shape index (κ2) is 6.57. The molecule has 20 heavy (non-hydrogen) atoms. The minimum atomic E-state index is 0.284. The molecule has 1 atom stereocenters. The number of rotatable bonds is 6. The van der Waals surface area contributed by atoms with Gasteiger partial charge in [-0.3, -0.25) is 4.68 Å². The van der Waals surface area contributed by atoms with Crippen LogP contribution in [-0.4, -0.2) is 22.4 Å². The molecule has 1 unspecified atom stereocenters. The van der Waals surface area contributed by atoms with Crippen LogP contribution in [0.5, 0.6) is 5.75 Å². The van der Waals surface area contributed by atoms with Crippen molar-refractivity contribution in [1.29, 1.82) is 0 Å². The van der Waals surface area contributed by atoms with Gasteiger partial charge < -0.3 is 10.1 Å². The van der Waals surface area contributed by atoms with E-state index in [1.54, 1.807) is 0 Å². The molecule has 0 saturated heterocycles. The third-order valence-corrected chi connectivity index (χ3v) is 3.25. The number of nitrogens with zero attached hydrogens (tertiary/aromatic N) is 2. The molecule has 0 aliphatic heterocycles. The minimum absolute atomic E-state index is 0.284. The number of benzene rings is 1. The Kier molecular flexibility index (Phi) is 4.79. The first-order chi connectivity index (χ1) is 9.54. The van der Waals surface area contributed by atoms with Gasteiger partial charge in [0.1, 0.15) is 12.4 Å². The normalized spacial score (nSPS) is 12.4. The molecule has 1 N–H and O–H groups in total. The fourth-order valence-corrected chi connectivity index (χ4v) is 2.02. The van der Waals surface area contributed by atoms with Gasteiger partial charge >= 0.3 is 0 Å². The molecule has 0 amide bonds. The number of aromatic nitrogens is 2. The second-order valence-electron chi connectivity index (χ2n) is 5.31. The second-order valence-corrected chi connectivity index (χ2v) is 5.31. The molecule has 4 heteroatoms. The van der Waals surface area contributed by atoms with E-state index in [0.29, 0.717) is 6.61 Å². The Labute approximate surface area is 120 Å². The van der Waals surface area contributed by atoms with Crippen molar-refractivity contribution in [2.45, 2.75) is 33.4 Å². The van der Waals surface area contributed by atoms with Gasteiger partial charge in [-0.2, -0.15) is 5.10 Å². The van der Waals surface area contributed by atoms with E-state index in [9.17, 15) is 0 Å². The summed E-state index contributed by atoms with van der Waals surface area (Å²) in [5, 5.41) is 7.79. The molecule has 1 aromatic carbocycles. The van der Waals surface area contributed by atoms with Crippen molar-refractivity contribution in [1.82, 2.24) is 15.1 Å². The van der Waals surface area contributed by atoms with E-state index in [1.165, 1.54) is 11.3 Å². The molecule has 108 valence electrons. The lowest BCUT2D eigenvalue weighted by atomic mass is 10.2. The van der Waals surface area contributed by atoms with Crippen molar-refractivity contribution in [2.75, 3.05) is 6.61 Å². The Bertz CT molecular complexity index is 545. The summed E-state index contributed by atoms with van der Waals surface area (Å²) in [6.07, 6.45) is 0. The monoisotopic (exact) mass is 273 g/mol. The van der Waals surface area contributed by atoms with Crippen LogP contribution in [0.3, 0.4) is 0 Å². The lowest BCUT2D eigenvalue weighted by molar-refractivity contribution is 0.271. The van der Waals surface area contributed by atoms with Crippen molar-refractivity contribution in [2.24, 2.45) is 7.05 Å². The van der Waals surface area contributed by atoms with Crippen LogP contribution in [0.1, 0.15) is 23.9 Å². The molecule has 0 spiro atoms. The van der Waals surface area contributed by atoms with Crippen LogP contribution < -0.4 is 10.1 Å². The summed E-state index contributed by atoms with van der Waals surface area (Å²) < 4.78 is 7.67. The van der Waals surface area contributed by atoms with Crippen LogP contribution in [0, 0.1) is 13.8 Å². The Balaban J connectivity index is 1.76. The number of aryl methyl sites for hydroxylation is 3. The standard InChI is InChI=1S/C16H23N3O/c1-12-5-7-16(8-6-12)20-11-14(3)17-10-15-9-13(2)18-19(15)4/h5-9,14,17H,10-11H2,1-4H3. The van der Waals surface area contributed by atoms with Crippen molar-refractivity contribution in [3.63, 3.8) is 0 Å². The fourth-order valence-electron chi connectivity index (χ4n) is 2.02. The van der Waals surface area contributed by atoms with Crippen molar-refractivity contribution >= 4 is 0 Å². The first kappa shape index (κ1) is 14.6. The third-order valence-electron chi connectivity index (χ3n) is 3.25. The molecule has 2 rings (SSSR count). The molecule has 0 aliphatic rings. The highest BCUT2D eigenvalue weighted by Crippen LogP contribution is 2.11. The molecule has 0 aliphatic carbocycles. The van der Waals surface area contributed by atoms with Crippen LogP contribution in [0.4, 0.5) is 0 Å². The maximum absolute atomic E-state index is 5.76. The fraction of sp³-hybridized carbons (Fsp3) is 0.438. The minimum Gasteiger partial charge on any atom is -0.492 e. The summed E-state index contributed by atoms with van der Waals surface area (Å²) in [6.45, 7) is 7.66. The first-order valence-corrected chi connectivity index (χ1v) is 6.97. The van der Waals surface area contributed by atoms with Crippen LogP contribution in [0.2, 0.25) is 0 Å². The molecule has 1 heterocycles. The topological polar surface area (TPSA) is 39.1 Å². The summed E-state index contributed by atoms with van der Waals surface area (Å²) in [5.74, 6) is 0.917. The highest BCUT2D eigenvalue weighted by Gasteiger charge is 2.06. The van der Waals surface area contributed by atoms with Gasteiger partial charge in [-0.1, -0.05) is 17.7 Å². The number of ether oxygens (including phenoxy) is 1. The molecule has 0 fully saturated rings. The molecule has 1 aromatic heterocycles. The molecule has 0 saturated carbocycles. The third kappa shape index (κ3) is 4.10. The summed E-state index contributed by atoms with van der Waals surface area (Å²) in [5.41, 5.74) is 3.48. The van der Waals surface area contributed by atoms with Crippen molar-refractivity contribution < 1.29 is 4.74 Å². The molecular formula is C16H23N3O. The molecular weight excluding hydrogens is 250 g/mol. The first-order valence-electron chi connectivity index (χ1n) is 6.97. The van der Waals surface area contributed by atoms with Gasteiger partial charge in [-0.25, -0.2) is 0 Å². The van der Waals surface area contributed by atoms with Gasteiger partial charge in [0.25, 0.3) is 0 Å². The SMILES string of the molecule is Cc1ccc(OCC(C)NCc2cc(C)nn2C)cc1. The van der Waals surface area contributed by atoms with Gasteiger partial charge in [-0.15, -0.1) is 0 Å². The van der Waals surface area contributed by atoms with Crippen molar-refractivity contribution in [3.8, 4) is 5.75 Å². The Morgan fingerprint density at radius 2 is 1.95 bits per heavy atom.